The second-order valence-corrected chi connectivity index (χ2v) is 12.0. The van der Waals surface area contributed by atoms with Crippen LogP contribution in [0, 0.1) is 0 Å². The lowest BCUT2D eigenvalue weighted by Crippen LogP contribution is -2.27. The SMILES string of the molecule is CCCCCCCCCCCCCCCN(CCCCC)CCCCCCCCCCCCCCC. The molecule has 0 fully saturated rings. The van der Waals surface area contributed by atoms with Gasteiger partial charge in [0.25, 0.3) is 0 Å². The third-order valence-corrected chi connectivity index (χ3v) is 8.23. The summed E-state index contributed by atoms with van der Waals surface area (Å²) in [4.78, 5) is 2.81. The Kier molecular flexibility index (Phi) is 33.0. The molecule has 0 aliphatic carbocycles. The minimum absolute atomic E-state index is 1.35. The molecule has 0 saturated heterocycles. The highest BCUT2D eigenvalue weighted by Gasteiger charge is 2.05. The van der Waals surface area contributed by atoms with Gasteiger partial charge < -0.3 is 4.90 Å². The maximum atomic E-state index is 2.81. The summed E-state index contributed by atoms with van der Waals surface area (Å²) < 4.78 is 0. The van der Waals surface area contributed by atoms with E-state index in [1.54, 1.807) is 0 Å². The number of hydrogen-bond acceptors (Lipinski definition) is 1. The Labute approximate surface area is 231 Å². The minimum atomic E-state index is 1.35. The molecule has 36 heavy (non-hydrogen) atoms. The highest BCUT2D eigenvalue weighted by atomic mass is 15.1. The predicted molar refractivity (Wildman–Crippen MR) is 167 cm³/mol. The maximum absolute atomic E-state index is 2.81. The number of rotatable bonds is 32. The van der Waals surface area contributed by atoms with Crippen molar-refractivity contribution in [3.05, 3.63) is 0 Å². The molecular formula is C35H73N. The molecule has 0 radical (unpaired) electrons. The van der Waals surface area contributed by atoms with Crippen molar-refractivity contribution in [3.63, 3.8) is 0 Å². The normalized spacial score (nSPS) is 11.7. The van der Waals surface area contributed by atoms with Crippen LogP contribution in [-0.2, 0) is 0 Å². The molecule has 0 N–H and O–H groups in total. The van der Waals surface area contributed by atoms with Crippen LogP contribution in [0.3, 0.4) is 0 Å². The smallest absolute Gasteiger partial charge is 0.00187 e. The summed E-state index contributed by atoms with van der Waals surface area (Å²) in [6.07, 6.45) is 42.2. The van der Waals surface area contributed by atoms with Crippen LogP contribution < -0.4 is 0 Å². The first-order valence-corrected chi connectivity index (χ1v) is 17.6. The summed E-state index contributed by atoms with van der Waals surface area (Å²) >= 11 is 0. The van der Waals surface area contributed by atoms with Gasteiger partial charge in [-0.15, -0.1) is 0 Å². The van der Waals surface area contributed by atoms with Gasteiger partial charge in [0, 0.05) is 0 Å². The molecule has 0 amide bonds. The van der Waals surface area contributed by atoms with Crippen LogP contribution >= 0.6 is 0 Å². The molecule has 0 unspecified atom stereocenters. The van der Waals surface area contributed by atoms with E-state index in [0.717, 1.165) is 0 Å². The van der Waals surface area contributed by atoms with E-state index in [1.165, 1.54) is 206 Å². The van der Waals surface area contributed by atoms with E-state index in [0.29, 0.717) is 0 Å². The Morgan fingerprint density at radius 1 is 0.222 bits per heavy atom. The van der Waals surface area contributed by atoms with Gasteiger partial charge in [0.1, 0.15) is 0 Å². The molecular weight excluding hydrogens is 434 g/mol. The third-order valence-electron chi connectivity index (χ3n) is 8.23. The molecule has 0 rings (SSSR count). The lowest BCUT2D eigenvalue weighted by Gasteiger charge is -2.22. The highest BCUT2D eigenvalue weighted by Crippen LogP contribution is 2.15. The van der Waals surface area contributed by atoms with Crippen molar-refractivity contribution in [2.75, 3.05) is 19.6 Å². The average Bonchev–Trinajstić information content (AvgIpc) is 2.89. The van der Waals surface area contributed by atoms with E-state index in [4.69, 9.17) is 0 Å². The predicted octanol–water partition coefficient (Wildman–Crippen LogP) is 12.7. The van der Waals surface area contributed by atoms with Gasteiger partial charge in [-0.25, -0.2) is 0 Å². The van der Waals surface area contributed by atoms with E-state index < -0.39 is 0 Å². The molecule has 0 spiro atoms. The van der Waals surface area contributed by atoms with Crippen LogP contribution in [0.5, 0.6) is 0 Å². The molecule has 0 atom stereocenters. The third kappa shape index (κ3) is 30.2. The monoisotopic (exact) mass is 508 g/mol. The Morgan fingerprint density at radius 3 is 0.639 bits per heavy atom. The zero-order valence-corrected chi connectivity index (χ0v) is 26.1. The molecule has 0 aliphatic heterocycles. The largest absolute Gasteiger partial charge is 0.303 e. The van der Waals surface area contributed by atoms with E-state index in [-0.39, 0.29) is 0 Å². The lowest BCUT2D eigenvalue weighted by molar-refractivity contribution is 0.255. The number of nitrogens with zero attached hydrogens (tertiary/aromatic N) is 1. The maximum Gasteiger partial charge on any atom is -0.00187 e. The molecule has 0 heterocycles. The highest BCUT2D eigenvalue weighted by molar-refractivity contribution is 4.60. The average molecular weight is 508 g/mol. The zero-order valence-electron chi connectivity index (χ0n) is 26.1. The van der Waals surface area contributed by atoms with Gasteiger partial charge >= 0.3 is 0 Å². The van der Waals surface area contributed by atoms with Crippen molar-refractivity contribution in [1.29, 1.82) is 0 Å². The van der Waals surface area contributed by atoms with Gasteiger partial charge in [-0.3, -0.25) is 0 Å². The van der Waals surface area contributed by atoms with Gasteiger partial charge in [-0.05, 0) is 38.9 Å². The fourth-order valence-electron chi connectivity index (χ4n) is 5.63. The molecule has 218 valence electrons. The second-order valence-electron chi connectivity index (χ2n) is 12.0. The molecule has 0 aromatic rings. The van der Waals surface area contributed by atoms with Gasteiger partial charge in [-0.1, -0.05) is 188 Å². The quantitative estimate of drug-likeness (QED) is 0.0818. The fourth-order valence-corrected chi connectivity index (χ4v) is 5.63. The van der Waals surface area contributed by atoms with E-state index in [1.807, 2.05) is 0 Å². The topological polar surface area (TPSA) is 3.24 Å². The Morgan fingerprint density at radius 2 is 0.389 bits per heavy atom. The molecule has 0 aromatic carbocycles. The first-order valence-electron chi connectivity index (χ1n) is 17.6. The molecule has 0 aromatic heterocycles. The summed E-state index contributed by atoms with van der Waals surface area (Å²) in [5.74, 6) is 0. The molecule has 1 nitrogen and oxygen atoms in total. The summed E-state index contributed by atoms with van der Waals surface area (Å²) in [5.41, 5.74) is 0. The van der Waals surface area contributed by atoms with Crippen molar-refractivity contribution in [2.24, 2.45) is 0 Å². The van der Waals surface area contributed by atoms with Crippen LogP contribution in [0.1, 0.15) is 207 Å². The van der Waals surface area contributed by atoms with Gasteiger partial charge in [-0.2, -0.15) is 0 Å². The Hall–Kier alpha value is -0.0400. The summed E-state index contributed by atoms with van der Waals surface area (Å²) in [6.45, 7) is 11.0. The van der Waals surface area contributed by atoms with Gasteiger partial charge in [0.2, 0.25) is 0 Å². The van der Waals surface area contributed by atoms with Crippen LogP contribution in [0.25, 0.3) is 0 Å². The lowest BCUT2D eigenvalue weighted by atomic mass is 10.0. The first kappa shape index (κ1) is 36.0. The number of hydrogen-bond donors (Lipinski definition) is 0. The van der Waals surface area contributed by atoms with Crippen molar-refractivity contribution in [3.8, 4) is 0 Å². The number of unbranched alkanes of at least 4 members (excludes halogenated alkanes) is 26. The summed E-state index contributed by atoms with van der Waals surface area (Å²) in [6, 6.07) is 0. The van der Waals surface area contributed by atoms with E-state index in [9.17, 15) is 0 Å². The van der Waals surface area contributed by atoms with E-state index >= 15 is 0 Å². The van der Waals surface area contributed by atoms with Crippen molar-refractivity contribution < 1.29 is 0 Å². The first-order chi connectivity index (χ1) is 17.8. The van der Waals surface area contributed by atoms with Gasteiger partial charge in [0.05, 0.1) is 0 Å². The Balaban J connectivity index is 3.56. The minimum Gasteiger partial charge on any atom is -0.303 e. The fraction of sp³-hybridized carbons (Fsp3) is 1.00. The van der Waals surface area contributed by atoms with Crippen LogP contribution in [-0.4, -0.2) is 24.5 Å². The standard InChI is InChI=1S/C35H73N/c1-4-7-10-12-14-16-18-20-22-24-26-28-31-34-36(33-30-9-6-3)35-32-29-27-25-23-21-19-17-15-13-11-8-5-2/h4-35H2,1-3H3. The van der Waals surface area contributed by atoms with Crippen molar-refractivity contribution in [2.45, 2.75) is 207 Å². The van der Waals surface area contributed by atoms with Crippen LogP contribution in [0.4, 0.5) is 0 Å². The van der Waals surface area contributed by atoms with Crippen molar-refractivity contribution in [1.82, 2.24) is 4.90 Å². The molecule has 0 bridgehead atoms. The van der Waals surface area contributed by atoms with Crippen molar-refractivity contribution >= 4 is 0 Å². The van der Waals surface area contributed by atoms with Crippen LogP contribution in [0.15, 0.2) is 0 Å². The summed E-state index contributed by atoms with van der Waals surface area (Å²) in [7, 11) is 0. The molecule has 1 heteroatoms. The molecule has 0 aliphatic rings. The Bertz CT molecular complexity index is 336. The van der Waals surface area contributed by atoms with Gasteiger partial charge in [0.15, 0.2) is 0 Å². The van der Waals surface area contributed by atoms with E-state index in [2.05, 4.69) is 25.7 Å². The summed E-state index contributed by atoms with van der Waals surface area (Å²) in [5, 5.41) is 0. The molecule has 0 saturated carbocycles. The van der Waals surface area contributed by atoms with Crippen LogP contribution in [0.2, 0.25) is 0 Å². The zero-order chi connectivity index (χ0) is 26.2. The second kappa shape index (κ2) is 33.0.